The van der Waals surface area contributed by atoms with E-state index in [4.69, 9.17) is 15.3 Å². The molecule has 0 amide bonds. The van der Waals surface area contributed by atoms with Crippen molar-refractivity contribution in [1.82, 2.24) is 0 Å². The Kier molecular flexibility index (Phi) is 3.21. The highest BCUT2D eigenvalue weighted by Crippen LogP contribution is 2.13. The molecule has 1 aromatic carbocycles. The fourth-order valence-corrected chi connectivity index (χ4v) is 1.63. The van der Waals surface area contributed by atoms with Crippen LogP contribution in [0.25, 0.3) is 11.0 Å². The molecule has 0 aliphatic rings. The average molecular weight is 237 g/mol. The van der Waals surface area contributed by atoms with Gasteiger partial charge in [-0.25, -0.2) is 4.39 Å². The van der Waals surface area contributed by atoms with Gasteiger partial charge in [0.2, 0.25) is 0 Å². The average Bonchev–Trinajstić information content (AvgIpc) is 2.33. The minimum Gasteiger partial charge on any atom is -0.464 e. The Morgan fingerprint density at radius 2 is 2.24 bits per heavy atom. The lowest BCUT2D eigenvalue weighted by atomic mass is 10.1. The van der Waals surface area contributed by atoms with E-state index in [1.165, 1.54) is 18.4 Å². The first-order chi connectivity index (χ1) is 8.11. The fourth-order valence-electron chi connectivity index (χ4n) is 1.63. The number of aliphatic hydroxyl groups is 1. The maximum absolute atomic E-state index is 13.0. The van der Waals surface area contributed by atoms with E-state index in [0.29, 0.717) is 11.1 Å². The van der Waals surface area contributed by atoms with E-state index in [-0.39, 0.29) is 23.8 Å². The normalized spacial score (nSPS) is 12.9. The van der Waals surface area contributed by atoms with Crippen molar-refractivity contribution in [3.05, 3.63) is 46.1 Å². The van der Waals surface area contributed by atoms with Crippen LogP contribution < -0.4 is 11.2 Å². The molecule has 0 bridgehead atoms. The molecule has 0 saturated carbocycles. The molecule has 0 aliphatic carbocycles. The van der Waals surface area contributed by atoms with Gasteiger partial charge in [-0.2, -0.15) is 0 Å². The van der Waals surface area contributed by atoms with Crippen LogP contribution in [-0.2, 0) is 6.42 Å². The molecule has 5 heteroatoms. The molecule has 1 unspecified atom stereocenters. The Morgan fingerprint density at radius 3 is 2.94 bits per heavy atom. The number of halogens is 1. The second-order valence-corrected chi connectivity index (χ2v) is 3.88. The number of hydrogen-bond acceptors (Lipinski definition) is 4. The van der Waals surface area contributed by atoms with E-state index < -0.39 is 11.9 Å². The van der Waals surface area contributed by atoms with Gasteiger partial charge in [-0.15, -0.1) is 0 Å². The molecular weight excluding hydrogens is 225 g/mol. The summed E-state index contributed by atoms with van der Waals surface area (Å²) in [5.41, 5.74) is 5.90. The second-order valence-electron chi connectivity index (χ2n) is 3.88. The van der Waals surface area contributed by atoms with Crippen molar-refractivity contribution in [3.63, 3.8) is 0 Å². The van der Waals surface area contributed by atoms with Gasteiger partial charge in [0.1, 0.15) is 11.4 Å². The molecule has 2 aromatic rings. The molecule has 0 fully saturated rings. The predicted molar refractivity (Wildman–Crippen MR) is 61.2 cm³/mol. The van der Waals surface area contributed by atoms with Crippen molar-refractivity contribution in [2.24, 2.45) is 5.73 Å². The van der Waals surface area contributed by atoms with E-state index in [1.807, 2.05) is 0 Å². The highest BCUT2D eigenvalue weighted by atomic mass is 19.1. The summed E-state index contributed by atoms with van der Waals surface area (Å²) in [5.74, 6) is -0.492. The summed E-state index contributed by atoms with van der Waals surface area (Å²) in [5, 5.41) is 9.01. The quantitative estimate of drug-likeness (QED) is 0.827. The van der Waals surface area contributed by atoms with Crippen LogP contribution in [0, 0.1) is 5.82 Å². The summed E-state index contributed by atoms with van der Waals surface area (Å²) in [4.78, 5) is 12.0. The lowest BCUT2D eigenvalue weighted by molar-refractivity contribution is 0.265. The molecule has 3 N–H and O–H groups in total. The van der Waals surface area contributed by atoms with E-state index >= 15 is 0 Å². The molecule has 1 atom stereocenters. The fraction of sp³-hybridized carbons (Fsp3) is 0.250. The Morgan fingerprint density at radius 1 is 1.47 bits per heavy atom. The van der Waals surface area contributed by atoms with Crippen molar-refractivity contribution in [2.45, 2.75) is 12.5 Å². The molecule has 1 aromatic heterocycles. The molecule has 2 rings (SSSR count). The van der Waals surface area contributed by atoms with Gasteiger partial charge in [0.25, 0.3) is 0 Å². The Bertz CT molecular complexity index is 594. The van der Waals surface area contributed by atoms with Crippen LogP contribution in [0.15, 0.2) is 33.7 Å². The number of rotatable bonds is 3. The first-order valence-corrected chi connectivity index (χ1v) is 5.18. The number of nitrogens with two attached hydrogens (primary N) is 1. The topological polar surface area (TPSA) is 76.5 Å². The highest BCUT2D eigenvalue weighted by Gasteiger charge is 2.10. The SMILES string of the molecule is NC(CO)Cc1coc2ccc(F)cc2c1=O. The van der Waals surface area contributed by atoms with Crippen molar-refractivity contribution < 1.29 is 13.9 Å². The first kappa shape index (κ1) is 11.8. The first-order valence-electron chi connectivity index (χ1n) is 5.18. The zero-order chi connectivity index (χ0) is 12.4. The molecule has 0 spiro atoms. The van der Waals surface area contributed by atoms with Crippen LogP contribution in [0.5, 0.6) is 0 Å². The van der Waals surface area contributed by atoms with Crippen molar-refractivity contribution in [3.8, 4) is 0 Å². The molecule has 4 nitrogen and oxygen atoms in total. The minimum absolute atomic E-state index is 0.188. The predicted octanol–water partition coefficient (Wildman–Crippen LogP) is 0.794. The van der Waals surface area contributed by atoms with E-state index in [1.54, 1.807) is 0 Å². The van der Waals surface area contributed by atoms with Gasteiger partial charge in [-0.05, 0) is 24.6 Å². The third-order valence-electron chi connectivity index (χ3n) is 2.52. The number of fused-ring (bicyclic) bond motifs is 1. The monoisotopic (exact) mass is 237 g/mol. The largest absolute Gasteiger partial charge is 0.464 e. The Hall–Kier alpha value is -1.72. The van der Waals surface area contributed by atoms with Crippen LogP contribution in [0.2, 0.25) is 0 Å². The second kappa shape index (κ2) is 4.65. The summed E-state index contributed by atoms with van der Waals surface area (Å²) in [6.45, 7) is -0.222. The maximum Gasteiger partial charge on any atom is 0.196 e. The lowest BCUT2D eigenvalue weighted by Gasteiger charge is -2.07. The maximum atomic E-state index is 13.0. The van der Waals surface area contributed by atoms with Crippen LogP contribution in [0.4, 0.5) is 4.39 Å². The number of hydrogen-bond donors (Lipinski definition) is 2. The third kappa shape index (κ3) is 2.35. The molecule has 90 valence electrons. The van der Waals surface area contributed by atoms with Gasteiger partial charge < -0.3 is 15.3 Å². The van der Waals surface area contributed by atoms with Gasteiger partial charge in [-0.3, -0.25) is 4.79 Å². The van der Waals surface area contributed by atoms with Crippen LogP contribution in [0.1, 0.15) is 5.56 Å². The third-order valence-corrected chi connectivity index (χ3v) is 2.52. The highest BCUT2D eigenvalue weighted by molar-refractivity contribution is 5.76. The zero-order valence-corrected chi connectivity index (χ0v) is 9.02. The summed E-state index contributed by atoms with van der Waals surface area (Å²) >= 11 is 0. The minimum atomic E-state index is -0.524. The van der Waals surface area contributed by atoms with Gasteiger partial charge in [0.05, 0.1) is 18.3 Å². The van der Waals surface area contributed by atoms with Crippen molar-refractivity contribution in [1.29, 1.82) is 0 Å². The summed E-state index contributed by atoms with van der Waals surface area (Å²) in [6.07, 6.45) is 1.50. The standard InChI is InChI=1S/C12H12FNO3/c13-8-1-2-11-10(4-8)12(16)7(6-17-11)3-9(14)5-15/h1-2,4,6,9,15H,3,5,14H2. The van der Waals surface area contributed by atoms with Crippen molar-refractivity contribution >= 4 is 11.0 Å². The van der Waals surface area contributed by atoms with E-state index in [2.05, 4.69) is 0 Å². The van der Waals surface area contributed by atoms with Crippen LogP contribution in [-0.4, -0.2) is 17.8 Å². The number of aliphatic hydroxyl groups excluding tert-OH is 1. The molecule has 0 aliphatic heterocycles. The van der Waals surface area contributed by atoms with E-state index in [0.717, 1.165) is 6.07 Å². The van der Waals surface area contributed by atoms with Crippen molar-refractivity contribution in [2.75, 3.05) is 6.61 Å². The molecule has 1 heterocycles. The zero-order valence-electron chi connectivity index (χ0n) is 9.02. The molecule has 0 radical (unpaired) electrons. The van der Waals surface area contributed by atoms with Gasteiger partial charge >= 0.3 is 0 Å². The molecule has 0 saturated heterocycles. The molecular formula is C12H12FNO3. The van der Waals surface area contributed by atoms with E-state index in [9.17, 15) is 9.18 Å². The Balaban J connectivity index is 2.53. The van der Waals surface area contributed by atoms with Crippen LogP contribution in [0.3, 0.4) is 0 Å². The number of benzene rings is 1. The van der Waals surface area contributed by atoms with Gasteiger partial charge in [-0.1, -0.05) is 0 Å². The summed E-state index contributed by atoms with van der Waals surface area (Å²) < 4.78 is 18.3. The van der Waals surface area contributed by atoms with Gasteiger partial charge in [0, 0.05) is 11.6 Å². The summed E-state index contributed by atoms with van der Waals surface area (Å²) in [7, 11) is 0. The lowest BCUT2D eigenvalue weighted by Crippen LogP contribution is -2.29. The smallest absolute Gasteiger partial charge is 0.196 e. The van der Waals surface area contributed by atoms with Gasteiger partial charge in [0.15, 0.2) is 5.43 Å². The summed E-state index contributed by atoms with van der Waals surface area (Å²) in [6, 6.07) is 3.24. The Labute approximate surface area is 96.5 Å². The van der Waals surface area contributed by atoms with Crippen LogP contribution >= 0.6 is 0 Å². The molecule has 17 heavy (non-hydrogen) atoms.